The van der Waals surface area contributed by atoms with Crippen LogP contribution in [0.3, 0.4) is 0 Å². The highest BCUT2D eigenvalue weighted by molar-refractivity contribution is 5.94. The Morgan fingerprint density at radius 2 is 1.72 bits per heavy atom. The Morgan fingerprint density at radius 1 is 0.906 bits per heavy atom. The molecule has 0 amide bonds. The number of aromatic amines is 1. The van der Waals surface area contributed by atoms with Gasteiger partial charge in [-0.25, -0.2) is 0 Å². The fraction of sp³-hybridized carbons (Fsp3) is 0.0968. The predicted molar refractivity (Wildman–Crippen MR) is 136 cm³/mol. The Bertz CT molecular complexity index is 1530. The molecule has 2 atom stereocenters. The predicted octanol–water partition coefficient (Wildman–Crippen LogP) is 5.99. The summed E-state index contributed by atoms with van der Waals surface area (Å²) in [5.74, 6) is 0.336. The lowest BCUT2D eigenvalue weighted by Gasteiger charge is -2.39. The summed E-state index contributed by atoms with van der Waals surface area (Å²) in [7, 11) is 0. The third-order valence-corrected chi connectivity index (χ3v) is 7.18. The Kier molecular flexibility index (Phi) is 4.19. The molecular weight excluding hydrogens is 386 g/mol. The van der Waals surface area contributed by atoms with Crippen molar-refractivity contribution in [2.24, 2.45) is 5.92 Å². The highest BCUT2D eigenvalue weighted by Crippen LogP contribution is 2.58. The lowest BCUT2D eigenvalue weighted by Crippen LogP contribution is -2.35. The van der Waals surface area contributed by atoms with E-state index in [1.54, 1.807) is 0 Å². The van der Waals surface area contributed by atoms with E-state index in [0.29, 0.717) is 5.92 Å². The van der Waals surface area contributed by atoms with Crippen molar-refractivity contribution in [2.75, 3.05) is 0 Å². The summed E-state index contributed by atoms with van der Waals surface area (Å²) in [4.78, 5) is 3.54. The molecule has 2 aliphatic rings. The minimum absolute atomic E-state index is 0.239. The number of nitrogens with one attached hydrogen (secondary N) is 1. The second-order valence-corrected chi connectivity index (χ2v) is 8.74. The van der Waals surface area contributed by atoms with Gasteiger partial charge in [0.2, 0.25) is 0 Å². The van der Waals surface area contributed by atoms with Crippen molar-refractivity contribution in [3.63, 3.8) is 0 Å². The Morgan fingerprint density at radius 3 is 2.50 bits per heavy atom. The number of hydrogen-bond acceptors (Lipinski definition) is 0. The van der Waals surface area contributed by atoms with E-state index in [4.69, 9.17) is 0 Å². The zero-order valence-corrected chi connectivity index (χ0v) is 18.0. The highest BCUT2D eigenvalue weighted by Gasteiger charge is 2.49. The maximum Gasteiger partial charge on any atom is 0.0529 e. The van der Waals surface area contributed by atoms with Crippen LogP contribution in [-0.4, -0.2) is 4.98 Å². The van der Waals surface area contributed by atoms with Gasteiger partial charge in [-0.2, -0.15) is 0 Å². The van der Waals surface area contributed by atoms with E-state index in [0.717, 1.165) is 22.5 Å². The van der Waals surface area contributed by atoms with Crippen molar-refractivity contribution < 1.29 is 0 Å². The molecule has 1 N–H and O–H groups in total. The summed E-state index contributed by atoms with van der Waals surface area (Å²) in [5, 5.41) is 3.25. The van der Waals surface area contributed by atoms with Gasteiger partial charge in [0.1, 0.15) is 0 Å². The summed E-state index contributed by atoms with van der Waals surface area (Å²) in [5.41, 5.74) is 7.64. The fourth-order valence-corrected chi connectivity index (χ4v) is 5.91. The minimum atomic E-state index is -0.239. The SMILES string of the molecule is C=C/C=c1\c(=C)[nH]c2cc3c(cc12)-c1ccccc1C3(c1ccccc1)C1C=CC=CC1. The monoisotopic (exact) mass is 411 g/mol. The summed E-state index contributed by atoms with van der Waals surface area (Å²) < 4.78 is 0. The number of rotatable bonds is 3. The fourth-order valence-electron chi connectivity index (χ4n) is 5.91. The van der Waals surface area contributed by atoms with E-state index in [-0.39, 0.29) is 5.41 Å². The van der Waals surface area contributed by atoms with E-state index in [1.165, 1.54) is 33.2 Å². The Labute approximate surface area is 188 Å². The number of fused-ring (bicyclic) bond motifs is 4. The Hall–Kier alpha value is -3.84. The van der Waals surface area contributed by atoms with Crippen molar-refractivity contribution in [1.82, 2.24) is 4.98 Å². The molecule has 0 saturated carbocycles. The van der Waals surface area contributed by atoms with Gasteiger partial charge in [0.15, 0.2) is 0 Å². The van der Waals surface area contributed by atoms with Gasteiger partial charge in [-0.3, -0.25) is 0 Å². The van der Waals surface area contributed by atoms with E-state index in [2.05, 4.69) is 109 Å². The molecule has 0 saturated heterocycles. The molecule has 0 aliphatic heterocycles. The molecule has 1 heterocycles. The molecule has 154 valence electrons. The van der Waals surface area contributed by atoms with E-state index >= 15 is 0 Å². The quantitative estimate of drug-likeness (QED) is 0.426. The first-order valence-electron chi connectivity index (χ1n) is 11.2. The van der Waals surface area contributed by atoms with Crippen molar-refractivity contribution in [3.05, 3.63) is 131 Å². The van der Waals surface area contributed by atoms with Crippen LogP contribution in [0, 0.1) is 5.92 Å². The second-order valence-electron chi connectivity index (χ2n) is 8.74. The zero-order valence-electron chi connectivity index (χ0n) is 18.0. The van der Waals surface area contributed by atoms with Crippen LogP contribution in [0.15, 0.2) is 104 Å². The van der Waals surface area contributed by atoms with Gasteiger partial charge in [0.25, 0.3) is 0 Å². The molecule has 4 aromatic rings. The molecule has 1 heteroatoms. The summed E-state index contributed by atoms with van der Waals surface area (Å²) in [6.07, 6.45) is 14.0. The summed E-state index contributed by atoms with van der Waals surface area (Å²) in [6, 6.07) is 24.7. The molecule has 2 unspecified atom stereocenters. The lowest BCUT2D eigenvalue weighted by atomic mass is 9.62. The molecule has 0 bridgehead atoms. The molecule has 6 rings (SSSR count). The van der Waals surface area contributed by atoms with Crippen LogP contribution in [0.1, 0.15) is 23.1 Å². The molecule has 32 heavy (non-hydrogen) atoms. The van der Waals surface area contributed by atoms with Crippen LogP contribution >= 0.6 is 0 Å². The van der Waals surface area contributed by atoms with E-state index in [9.17, 15) is 0 Å². The van der Waals surface area contributed by atoms with Crippen molar-refractivity contribution in [2.45, 2.75) is 11.8 Å². The molecule has 3 aromatic carbocycles. The van der Waals surface area contributed by atoms with Crippen LogP contribution in [0.5, 0.6) is 0 Å². The maximum absolute atomic E-state index is 4.25. The number of benzene rings is 3. The highest BCUT2D eigenvalue weighted by atomic mass is 14.7. The van der Waals surface area contributed by atoms with Gasteiger partial charge in [0.05, 0.1) is 5.41 Å². The van der Waals surface area contributed by atoms with Gasteiger partial charge in [-0.15, -0.1) is 0 Å². The summed E-state index contributed by atoms with van der Waals surface area (Å²) >= 11 is 0. The van der Waals surface area contributed by atoms with Crippen molar-refractivity contribution in [3.8, 4) is 11.1 Å². The third-order valence-electron chi connectivity index (χ3n) is 7.18. The molecule has 2 aliphatic carbocycles. The average molecular weight is 412 g/mol. The molecule has 0 radical (unpaired) electrons. The number of H-pyrrole nitrogens is 1. The smallest absolute Gasteiger partial charge is 0.0529 e. The zero-order chi connectivity index (χ0) is 21.7. The van der Waals surface area contributed by atoms with Crippen LogP contribution in [-0.2, 0) is 5.41 Å². The van der Waals surface area contributed by atoms with Crippen LogP contribution < -0.4 is 10.6 Å². The van der Waals surface area contributed by atoms with Gasteiger partial charge in [-0.1, -0.05) is 104 Å². The van der Waals surface area contributed by atoms with Gasteiger partial charge < -0.3 is 4.98 Å². The maximum atomic E-state index is 4.25. The summed E-state index contributed by atoms with van der Waals surface area (Å²) in [6.45, 7) is 8.16. The normalized spacial score (nSPS) is 21.6. The van der Waals surface area contributed by atoms with Crippen molar-refractivity contribution in [1.29, 1.82) is 0 Å². The second kappa shape index (κ2) is 7.10. The largest absolute Gasteiger partial charge is 0.355 e. The molecule has 1 nitrogen and oxygen atoms in total. The standard InChI is InChI=1S/C31H25N/c1-3-12-24-21(2)32-30-20-29-26(19-27(24)30)25-17-10-11-18-28(25)31(29,22-13-6-4-7-14-22)23-15-8-5-9-16-23/h3-15,17-20,23,32H,1-2,16H2/b24-12+. The lowest BCUT2D eigenvalue weighted by molar-refractivity contribution is 0.458. The minimum Gasteiger partial charge on any atom is -0.355 e. The number of aromatic nitrogens is 1. The van der Waals surface area contributed by atoms with Crippen LogP contribution in [0.2, 0.25) is 0 Å². The molecule has 0 spiro atoms. The van der Waals surface area contributed by atoms with Crippen molar-refractivity contribution >= 4 is 23.6 Å². The topological polar surface area (TPSA) is 15.8 Å². The molecule has 1 aromatic heterocycles. The van der Waals surface area contributed by atoms with E-state index < -0.39 is 0 Å². The Balaban J connectivity index is 1.79. The van der Waals surface area contributed by atoms with Gasteiger partial charge in [0, 0.05) is 21.5 Å². The number of allylic oxidation sites excluding steroid dienone is 5. The molecule has 0 fully saturated rings. The first kappa shape index (κ1) is 18.9. The first-order valence-corrected chi connectivity index (χ1v) is 11.2. The van der Waals surface area contributed by atoms with Gasteiger partial charge in [-0.05, 0) is 52.3 Å². The number of hydrogen-bond donors (Lipinski definition) is 1. The van der Waals surface area contributed by atoms with Gasteiger partial charge >= 0.3 is 0 Å². The third kappa shape index (κ3) is 2.45. The van der Waals surface area contributed by atoms with Crippen LogP contribution in [0.4, 0.5) is 0 Å². The van der Waals surface area contributed by atoms with Crippen LogP contribution in [0.25, 0.3) is 34.7 Å². The average Bonchev–Trinajstić information content (AvgIpc) is 3.31. The molecular formula is C31H25N. The van der Waals surface area contributed by atoms with E-state index in [1.807, 2.05) is 12.2 Å². The first-order chi connectivity index (χ1) is 15.7.